The van der Waals surface area contributed by atoms with Crippen LogP contribution >= 0.6 is 17.9 Å². The van der Waals surface area contributed by atoms with Crippen LogP contribution in [-0.2, 0) is 19.1 Å². The molecule has 7 heteroatoms. The smallest absolute Gasteiger partial charge is 0.0654 e. The minimum absolute atomic E-state index is 0.0257. The molecule has 0 N–H and O–H groups in total. The van der Waals surface area contributed by atoms with Gasteiger partial charge in [0.15, 0.2) is 0 Å². The minimum atomic E-state index is -3.00. The van der Waals surface area contributed by atoms with E-state index in [2.05, 4.69) is 27.7 Å². The zero-order valence-corrected chi connectivity index (χ0v) is 45.0. The van der Waals surface area contributed by atoms with Gasteiger partial charge in [-0.1, -0.05) is 52.4 Å². The van der Waals surface area contributed by atoms with Crippen molar-refractivity contribution in [3.8, 4) is 0 Å². The number of ether oxygens (including phenoxy) is 2. The summed E-state index contributed by atoms with van der Waals surface area (Å²) in [7, 11) is 3.99. The van der Waals surface area contributed by atoms with E-state index in [1.165, 1.54) is 240 Å². The second-order valence-corrected chi connectivity index (χ2v) is 44.5. The molecule has 4 nitrogen and oxygen atoms in total. The van der Waals surface area contributed by atoms with Crippen molar-refractivity contribution in [1.82, 2.24) is 0 Å². The van der Waals surface area contributed by atoms with E-state index in [0.29, 0.717) is 24.7 Å². The van der Waals surface area contributed by atoms with Crippen molar-refractivity contribution in [2.75, 3.05) is 24.7 Å². The third-order valence-electron chi connectivity index (χ3n) is 12.3. The van der Waals surface area contributed by atoms with Crippen LogP contribution in [0.3, 0.4) is 0 Å². The fraction of sp³-hybridized carbons (Fsp3) is 0.962. The van der Waals surface area contributed by atoms with Crippen LogP contribution in [0, 0.1) is 0 Å². The van der Waals surface area contributed by atoms with E-state index in [0.717, 1.165) is 25.7 Å². The van der Waals surface area contributed by atoms with Gasteiger partial charge in [0.05, 0.1) is 0 Å². The number of unbranched alkanes of at least 4 members (excludes halogenated alkanes) is 36. The van der Waals surface area contributed by atoms with Crippen molar-refractivity contribution in [2.24, 2.45) is 0 Å². The Kier molecular flexibility index (Phi) is 49.8. The predicted molar refractivity (Wildman–Crippen MR) is 270 cm³/mol. The Morgan fingerprint density at radius 1 is 0.305 bits per heavy atom. The molecule has 0 amide bonds. The van der Waals surface area contributed by atoms with Crippen molar-refractivity contribution in [3.63, 3.8) is 0 Å². The van der Waals surface area contributed by atoms with Gasteiger partial charge in [-0.2, -0.15) is 0 Å². The Morgan fingerprint density at radius 2 is 0.508 bits per heavy atom. The molecule has 0 radical (unpaired) electrons. The SMILES string of the molecule is CCCCCCCCCCCCOC(=O)C[S][Sn]([CH2]CCCCCCCCCCC)([CH2]CCCCCCCCCCC)[S]CC(=O)OCCCCCCCCCCCC. The zero-order chi connectivity index (χ0) is 43.0. The number of carbonyl (C=O) groups is 2. The molecule has 59 heavy (non-hydrogen) atoms. The van der Waals surface area contributed by atoms with Crippen LogP contribution in [0.1, 0.15) is 285 Å². The molecule has 0 rings (SSSR count). The molecular formula is C52H104O4S2Sn. The topological polar surface area (TPSA) is 52.6 Å². The van der Waals surface area contributed by atoms with Crippen molar-refractivity contribution in [1.29, 1.82) is 0 Å². The molecule has 0 unspecified atom stereocenters. The van der Waals surface area contributed by atoms with Crippen molar-refractivity contribution in [2.45, 2.75) is 293 Å². The summed E-state index contributed by atoms with van der Waals surface area (Å²) in [5.74, 6) is 0.901. The molecule has 0 atom stereocenters. The Morgan fingerprint density at radius 3 is 0.746 bits per heavy atom. The second-order valence-electron chi connectivity index (χ2n) is 18.2. The van der Waals surface area contributed by atoms with Crippen molar-refractivity contribution >= 4 is 45.4 Å². The fourth-order valence-electron chi connectivity index (χ4n) is 8.23. The van der Waals surface area contributed by atoms with Gasteiger partial charge in [0, 0.05) is 0 Å². The predicted octanol–water partition coefficient (Wildman–Crippen LogP) is 18.7. The van der Waals surface area contributed by atoms with Crippen molar-refractivity contribution in [3.05, 3.63) is 0 Å². The van der Waals surface area contributed by atoms with Gasteiger partial charge in [0.25, 0.3) is 0 Å². The first-order valence-electron chi connectivity index (χ1n) is 26.6. The molecule has 0 spiro atoms. The first-order chi connectivity index (χ1) is 29.0. The maximum absolute atomic E-state index is 13.2. The van der Waals surface area contributed by atoms with Crippen LogP contribution in [0.15, 0.2) is 0 Å². The molecule has 0 bridgehead atoms. The summed E-state index contributed by atoms with van der Waals surface area (Å²) in [6.07, 6.45) is 52.7. The van der Waals surface area contributed by atoms with E-state index in [4.69, 9.17) is 9.47 Å². The van der Waals surface area contributed by atoms with Crippen LogP contribution in [0.4, 0.5) is 0 Å². The Hall–Kier alpha value is 0.439. The van der Waals surface area contributed by atoms with Crippen LogP contribution in [0.5, 0.6) is 0 Å². The Balaban J connectivity index is 5.12. The number of hydrogen-bond donors (Lipinski definition) is 0. The van der Waals surface area contributed by atoms with Crippen LogP contribution in [0.2, 0.25) is 8.87 Å². The van der Waals surface area contributed by atoms with Crippen LogP contribution < -0.4 is 0 Å². The molecule has 352 valence electrons. The van der Waals surface area contributed by atoms with Crippen molar-refractivity contribution < 1.29 is 19.1 Å². The molecule has 0 heterocycles. The molecule has 0 saturated carbocycles. The average Bonchev–Trinajstić information content (AvgIpc) is 3.24. The molecule has 0 aromatic heterocycles. The first kappa shape index (κ1) is 59.4. The van der Waals surface area contributed by atoms with Gasteiger partial charge >= 0.3 is 330 Å². The standard InChI is InChI=1S/2C14H28O2S.2C12H25.Sn/c2*1-2-3-4-5-6-7-8-9-10-11-12-16-14(15)13-17;2*1-3-5-7-9-11-12-10-8-6-4-2;/h2*17H,2-13H2,1H3;2*1,3-12H2,2H3;/q;;;;+2/p-2. The molecule has 0 aromatic carbocycles. The normalized spacial score (nSPS) is 11.7. The average molecular weight is 976 g/mol. The molecular weight excluding hydrogens is 871 g/mol. The fourth-order valence-corrected chi connectivity index (χ4v) is 35.1. The minimum Gasteiger partial charge on any atom is -0.0654 e. The zero-order valence-electron chi connectivity index (χ0n) is 40.5. The summed E-state index contributed by atoms with van der Waals surface area (Å²) >= 11 is -3.00. The number of rotatable bonds is 50. The number of hydrogen-bond acceptors (Lipinski definition) is 6. The summed E-state index contributed by atoms with van der Waals surface area (Å²) in [6, 6.07) is 0. The number of carbonyl (C=O) groups excluding carboxylic acids is 2. The quantitative estimate of drug-likeness (QED) is 0.0344. The van der Waals surface area contributed by atoms with E-state index < -0.39 is 15.6 Å². The monoisotopic (exact) mass is 977 g/mol. The maximum atomic E-state index is 13.2. The van der Waals surface area contributed by atoms with E-state index in [1.54, 1.807) is 0 Å². The summed E-state index contributed by atoms with van der Waals surface area (Å²) in [6.45, 7) is 10.3. The molecule has 0 aliphatic heterocycles. The van der Waals surface area contributed by atoms with Gasteiger partial charge in [-0.3, -0.25) is 0 Å². The van der Waals surface area contributed by atoms with Gasteiger partial charge in [-0.05, 0) is 0 Å². The van der Waals surface area contributed by atoms with Crippen LogP contribution in [0.25, 0.3) is 0 Å². The summed E-state index contributed by atoms with van der Waals surface area (Å²) in [5, 5.41) is 0. The van der Waals surface area contributed by atoms with E-state index in [1.807, 2.05) is 17.9 Å². The second kappa shape index (κ2) is 49.5. The summed E-state index contributed by atoms with van der Waals surface area (Å²) in [5.41, 5.74) is 0. The van der Waals surface area contributed by atoms with Crippen LogP contribution in [-0.4, -0.2) is 52.3 Å². The van der Waals surface area contributed by atoms with E-state index in [-0.39, 0.29) is 11.9 Å². The number of esters is 2. The molecule has 0 fully saturated rings. The van der Waals surface area contributed by atoms with Gasteiger partial charge in [0.1, 0.15) is 0 Å². The molecule has 0 aliphatic rings. The first-order valence-corrected chi connectivity index (χ1v) is 39.6. The van der Waals surface area contributed by atoms with Gasteiger partial charge in [-0.25, -0.2) is 0 Å². The van der Waals surface area contributed by atoms with Gasteiger partial charge in [0.2, 0.25) is 0 Å². The Labute approximate surface area is 380 Å². The molecule has 0 aliphatic carbocycles. The molecule has 0 saturated heterocycles. The van der Waals surface area contributed by atoms with Gasteiger partial charge in [-0.15, -0.1) is 0 Å². The molecule has 0 aromatic rings. The third-order valence-corrected chi connectivity index (χ3v) is 42.1. The van der Waals surface area contributed by atoms with Gasteiger partial charge < -0.3 is 0 Å². The van der Waals surface area contributed by atoms with E-state index >= 15 is 0 Å². The Bertz CT molecular complexity index is 791. The third kappa shape index (κ3) is 44.8. The summed E-state index contributed by atoms with van der Waals surface area (Å²) in [4.78, 5) is 26.4. The van der Waals surface area contributed by atoms with E-state index in [9.17, 15) is 9.59 Å². The summed E-state index contributed by atoms with van der Waals surface area (Å²) < 4.78 is 14.2.